The van der Waals surface area contributed by atoms with Crippen LogP contribution in [-0.2, 0) is 0 Å². The highest BCUT2D eigenvalue weighted by atomic mass is 35.5. The molecule has 0 fully saturated rings. The van der Waals surface area contributed by atoms with Crippen LogP contribution < -0.4 is 9.03 Å². The van der Waals surface area contributed by atoms with Crippen LogP contribution in [0, 0.1) is 6.92 Å². The van der Waals surface area contributed by atoms with E-state index in [-0.39, 0.29) is 5.88 Å². The number of aryl methyl sites for hydroxylation is 1. The summed E-state index contributed by atoms with van der Waals surface area (Å²) in [5.41, 5.74) is 2.48. The van der Waals surface area contributed by atoms with Crippen molar-refractivity contribution in [1.29, 1.82) is 0 Å². The Morgan fingerprint density at radius 2 is 2.13 bits per heavy atom. The molecule has 2 heterocycles. The fourth-order valence-electron chi connectivity index (χ4n) is 1.96. The Kier molecular flexibility index (Phi) is 4.54. The van der Waals surface area contributed by atoms with E-state index in [4.69, 9.17) is 16.6 Å². The van der Waals surface area contributed by atoms with E-state index in [0.717, 1.165) is 28.6 Å². The number of halogens is 1. The monoisotopic (exact) mass is 349 g/mol. The molecule has 0 unspecified atom stereocenters. The Morgan fingerprint density at radius 1 is 1.26 bits per heavy atom. The zero-order valence-electron chi connectivity index (χ0n) is 12.3. The number of hydrogen-bond acceptors (Lipinski definition) is 7. The number of rotatable bonds is 5. The number of hydrogen-bond donors (Lipinski definition) is 0. The van der Waals surface area contributed by atoms with Crippen LogP contribution in [-0.4, -0.2) is 30.6 Å². The van der Waals surface area contributed by atoms with Gasteiger partial charge in [-0.1, -0.05) is 0 Å². The van der Waals surface area contributed by atoms with E-state index in [2.05, 4.69) is 23.1 Å². The summed E-state index contributed by atoms with van der Waals surface area (Å²) in [6, 6.07) is 5.83. The van der Waals surface area contributed by atoms with Crippen molar-refractivity contribution in [3.05, 3.63) is 35.8 Å². The van der Waals surface area contributed by atoms with Crippen LogP contribution in [0.3, 0.4) is 0 Å². The fourth-order valence-corrected chi connectivity index (χ4v) is 2.59. The van der Waals surface area contributed by atoms with Crippen molar-refractivity contribution < 1.29 is 9.03 Å². The van der Waals surface area contributed by atoms with E-state index in [9.17, 15) is 0 Å². The summed E-state index contributed by atoms with van der Waals surface area (Å²) in [4.78, 5) is 4.30. The first kappa shape index (κ1) is 15.4. The molecule has 3 aromatic rings. The summed E-state index contributed by atoms with van der Waals surface area (Å²) in [5.74, 6) is 1.63. The van der Waals surface area contributed by atoms with Crippen molar-refractivity contribution in [3.63, 3.8) is 0 Å². The van der Waals surface area contributed by atoms with E-state index in [1.165, 1.54) is 0 Å². The minimum Gasteiger partial charge on any atom is -0.497 e. The quantitative estimate of drug-likeness (QED) is 0.703. The maximum Gasteiger partial charge on any atom is 0.275 e. The van der Waals surface area contributed by atoms with Gasteiger partial charge in [-0.25, -0.2) is 9.67 Å². The summed E-state index contributed by atoms with van der Waals surface area (Å²) in [7, 11) is 1.63. The van der Waals surface area contributed by atoms with Gasteiger partial charge < -0.3 is 9.03 Å². The second-order valence-corrected chi connectivity index (χ2v) is 5.32. The molecule has 118 valence electrons. The molecule has 0 bridgehead atoms. The maximum absolute atomic E-state index is 5.31. The molecule has 23 heavy (non-hydrogen) atoms. The second-order valence-electron chi connectivity index (χ2n) is 4.63. The molecule has 0 saturated heterocycles. The molecule has 0 aliphatic rings. The summed E-state index contributed by atoms with van der Waals surface area (Å²) in [5, 5.41) is 4.40. The van der Waals surface area contributed by atoms with Crippen LogP contribution in [0.5, 0.6) is 11.6 Å². The molecule has 0 N–H and O–H groups in total. The molecule has 0 saturated carbocycles. The van der Waals surface area contributed by atoms with Crippen molar-refractivity contribution in [3.8, 4) is 23.0 Å². The number of methoxy groups -OCH3 is 1. The van der Waals surface area contributed by atoms with Crippen molar-refractivity contribution in [2.75, 3.05) is 7.11 Å². The van der Waals surface area contributed by atoms with Crippen molar-refractivity contribution in [2.45, 2.75) is 6.92 Å². The molecule has 9 heteroatoms. The first-order valence-corrected chi connectivity index (χ1v) is 7.60. The van der Waals surface area contributed by atoms with Crippen LogP contribution in [0.15, 0.2) is 24.5 Å². The van der Waals surface area contributed by atoms with Gasteiger partial charge in [0.1, 0.15) is 29.6 Å². The largest absolute Gasteiger partial charge is 0.497 e. The first-order valence-electron chi connectivity index (χ1n) is 6.56. The fraction of sp³-hybridized carbons (Fsp3) is 0.143. The molecule has 3 rings (SSSR count). The summed E-state index contributed by atoms with van der Waals surface area (Å²) in [6.07, 6.45) is 4.98. The third-order valence-corrected chi connectivity index (χ3v) is 3.67. The smallest absolute Gasteiger partial charge is 0.275 e. The Labute approximate surface area is 141 Å². The summed E-state index contributed by atoms with van der Waals surface area (Å²) in [6.45, 7) is 1.99. The van der Waals surface area contributed by atoms with Gasteiger partial charge in [0.05, 0.1) is 18.8 Å². The molecule has 1 aromatic carbocycles. The lowest BCUT2D eigenvalue weighted by atomic mass is 10.1. The molecular formula is C14H12ClN5O2S. The van der Waals surface area contributed by atoms with Gasteiger partial charge in [-0.3, -0.25) is 0 Å². The summed E-state index contributed by atoms with van der Waals surface area (Å²) < 4.78 is 19.4. The highest BCUT2D eigenvalue weighted by Gasteiger charge is 2.08. The lowest BCUT2D eigenvalue weighted by Crippen LogP contribution is -1.90. The van der Waals surface area contributed by atoms with E-state index >= 15 is 0 Å². The van der Waals surface area contributed by atoms with Crippen LogP contribution in [0.1, 0.15) is 11.3 Å². The maximum atomic E-state index is 5.31. The molecule has 0 radical (unpaired) electrons. The zero-order chi connectivity index (χ0) is 16.2. The third-order valence-electron chi connectivity index (χ3n) is 2.99. The second kappa shape index (κ2) is 6.76. The molecule has 0 aliphatic carbocycles. The molecule has 2 aromatic heterocycles. The first-order chi connectivity index (χ1) is 11.2. The van der Waals surface area contributed by atoms with Crippen LogP contribution in [0.25, 0.3) is 23.7 Å². The lowest BCUT2D eigenvalue weighted by Gasteiger charge is -2.03. The van der Waals surface area contributed by atoms with Crippen molar-refractivity contribution in [1.82, 2.24) is 23.5 Å². The van der Waals surface area contributed by atoms with E-state index in [1.807, 2.05) is 25.1 Å². The SMILES string of the molecule is COc1cc(C)cc(-c2ncn(/C=C\c3nsnc3OCl)n2)c1. The van der Waals surface area contributed by atoms with Crippen molar-refractivity contribution in [2.24, 2.45) is 0 Å². The van der Waals surface area contributed by atoms with E-state index in [1.54, 1.807) is 30.4 Å². The molecule has 0 aliphatic heterocycles. The Balaban J connectivity index is 1.85. The predicted molar refractivity (Wildman–Crippen MR) is 88.4 cm³/mol. The molecule has 0 atom stereocenters. The highest BCUT2D eigenvalue weighted by molar-refractivity contribution is 6.99. The molecule has 0 amide bonds. The van der Waals surface area contributed by atoms with Gasteiger partial charge in [0.25, 0.3) is 5.88 Å². The standard InChI is InChI=1S/C14H12ClN5O2S/c1-9-5-10(7-11(6-9)21-2)13-16-8-20(17-13)4-3-12-14(22-15)19-23-18-12/h3-8H,1-2H3/b4-3-. The summed E-state index contributed by atoms with van der Waals surface area (Å²) >= 11 is 6.32. The van der Waals surface area contributed by atoms with E-state index < -0.39 is 0 Å². The van der Waals surface area contributed by atoms with E-state index in [0.29, 0.717) is 11.5 Å². The molecule has 0 spiro atoms. The third kappa shape index (κ3) is 3.49. The lowest BCUT2D eigenvalue weighted by molar-refractivity contribution is 0.414. The van der Waals surface area contributed by atoms with Gasteiger partial charge in [-0.15, -0.1) is 9.47 Å². The number of nitrogens with zero attached hydrogens (tertiary/aromatic N) is 5. The van der Waals surface area contributed by atoms with Crippen LogP contribution in [0.2, 0.25) is 0 Å². The number of aromatic nitrogens is 5. The van der Waals surface area contributed by atoms with Crippen LogP contribution >= 0.6 is 23.6 Å². The van der Waals surface area contributed by atoms with Gasteiger partial charge in [0.15, 0.2) is 5.82 Å². The zero-order valence-corrected chi connectivity index (χ0v) is 13.9. The Hall–Kier alpha value is -2.45. The topological polar surface area (TPSA) is 75.0 Å². The van der Waals surface area contributed by atoms with Gasteiger partial charge in [0.2, 0.25) is 0 Å². The Morgan fingerprint density at radius 3 is 2.91 bits per heavy atom. The van der Waals surface area contributed by atoms with Crippen LogP contribution in [0.4, 0.5) is 0 Å². The minimum atomic E-state index is 0.261. The molecular weight excluding hydrogens is 338 g/mol. The van der Waals surface area contributed by atoms with Crippen molar-refractivity contribution >= 4 is 35.9 Å². The van der Waals surface area contributed by atoms with Gasteiger partial charge >= 0.3 is 0 Å². The average molecular weight is 350 g/mol. The number of ether oxygens (including phenoxy) is 1. The minimum absolute atomic E-state index is 0.261. The molecule has 7 nitrogen and oxygen atoms in total. The van der Waals surface area contributed by atoms with Gasteiger partial charge in [-0.05, 0) is 36.8 Å². The average Bonchev–Trinajstić information content (AvgIpc) is 3.21. The normalized spacial score (nSPS) is 11.1. The Bertz CT molecular complexity index is 845. The highest BCUT2D eigenvalue weighted by Crippen LogP contribution is 2.23. The van der Waals surface area contributed by atoms with Gasteiger partial charge in [0, 0.05) is 11.8 Å². The number of benzene rings is 1. The predicted octanol–water partition coefficient (Wildman–Crippen LogP) is 3.27. The van der Waals surface area contributed by atoms with Gasteiger partial charge in [-0.2, -0.15) is 4.37 Å².